The molecule has 5 nitrogen and oxygen atoms in total. The van der Waals surface area contributed by atoms with Crippen LogP contribution in [0.15, 0.2) is 59.7 Å². The number of nitrogens with zero attached hydrogens (tertiary/aromatic N) is 2. The molecule has 0 amide bonds. The highest BCUT2D eigenvalue weighted by Gasteiger charge is 2.07. The molecule has 3 aromatic rings. The van der Waals surface area contributed by atoms with Crippen molar-refractivity contribution < 1.29 is 4.42 Å². The summed E-state index contributed by atoms with van der Waals surface area (Å²) in [5.41, 5.74) is 0.890. The molecule has 2 heterocycles. The quantitative estimate of drug-likeness (QED) is 0.677. The summed E-state index contributed by atoms with van der Waals surface area (Å²) in [5.74, 6) is 2.22. The molecular weight excluding hydrogens is 264 g/mol. The molecule has 0 spiro atoms. The van der Waals surface area contributed by atoms with Gasteiger partial charge in [0.05, 0.1) is 18.3 Å². The van der Waals surface area contributed by atoms with Crippen molar-refractivity contribution in [1.82, 2.24) is 9.97 Å². The van der Waals surface area contributed by atoms with Gasteiger partial charge < -0.3 is 15.1 Å². The van der Waals surface area contributed by atoms with Crippen LogP contribution in [0.1, 0.15) is 5.76 Å². The standard InChI is InChI=1S/C16H16N4O/c1-2-9-17-16-19-14-8-4-3-7-13(14)15(20-16)18-11-12-6-5-10-21-12/h2-8,10H,1,9,11H2,(H2,17,18,19,20). The molecule has 2 N–H and O–H groups in total. The summed E-state index contributed by atoms with van der Waals surface area (Å²) >= 11 is 0. The second kappa shape index (κ2) is 6.09. The van der Waals surface area contributed by atoms with E-state index < -0.39 is 0 Å². The summed E-state index contributed by atoms with van der Waals surface area (Å²) in [6, 6.07) is 11.7. The third-order valence-corrected chi connectivity index (χ3v) is 3.02. The van der Waals surface area contributed by atoms with Crippen LogP contribution in [-0.4, -0.2) is 16.5 Å². The zero-order chi connectivity index (χ0) is 14.5. The normalized spacial score (nSPS) is 10.5. The van der Waals surface area contributed by atoms with Gasteiger partial charge in [0.25, 0.3) is 0 Å². The molecule has 0 saturated heterocycles. The van der Waals surface area contributed by atoms with Gasteiger partial charge in [0.2, 0.25) is 5.95 Å². The zero-order valence-corrected chi connectivity index (χ0v) is 11.5. The minimum atomic E-state index is 0.578. The van der Waals surface area contributed by atoms with Gasteiger partial charge in [-0.1, -0.05) is 18.2 Å². The highest BCUT2D eigenvalue weighted by Crippen LogP contribution is 2.22. The number of hydrogen-bond acceptors (Lipinski definition) is 5. The third kappa shape index (κ3) is 3.02. The maximum Gasteiger partial charge on any atom is 0.225 e. The molecule has 0 aliphatic heterocycles. The molecule has 0 saturated carbocycles. The van der Waals surface area contributed by atoms with Gasteiger partial charge in [-0.15, -0.1) is 6.58 Å². The summed E-state index contributed by atoms with van der Waals surface area (Å²) in [4.78, 5) is 9.00. The highest BCUT2D eigenvalue weighted by molar-refractivity contribution is 5.89. The van der Waals surface area contributed by atoms with E-state index in [1.165, 1.54) is 0 Å². The molecule has 3 rings (SSSR count). The number of para-hydroxylation sites is 1. The Morgan fingerprint density at radius 3 is 2.81 bits per heavy atom. The van der Waals surface area contributed by atoms with Crippen molar-refractivity contribution in [2.75, 3.05) is 17.2 Å². The predicted molar refractivity (Wildman–Crippen MR) is 84.3 cm³/mol. The fourth-order valence-corrected chi connectivity index (χ4v) is 2.04. The van der Waals surface area contributed by atoms with Gasteiger partial charge in [-0.2, -0.15) is 4.98 Å². The van der Waals surface area contributed by atoms with Gasteiger partial charge in [-0.05, 0) is 24.3 Å². The smallest absolute Gasteiger partial charge is 0.225 e. The molecule has 0 unspecified atom stereocenters. The van der Waals surface area contributed by atoms with E-state index in [2.05, 4.69) is 27.2 Å². The largest absolute Gasteiger partial charge is 0.467 e. The lowest BCUT2D eigenvalue weighted by Gasteiger charge is -2.10. The van der Waals surface area contributed by atoms with E-state index in [1.54, 1.807) is 12.3 Å². The van der Waals surface area contributed by atoms with E-state index in [0.717, 1.165) is 22.5 Å². The van der Waals surface area contributed by atoms with Crippen molar-refractivity contribution in [2.24, 2.45) is 0 Å². The van der Waals surface area contributed by atoms with Crippen LogP contribution in [-0.2, 0) is 6.54 Å². The number of aromatic nitrogens is 2. The third-order valence-electron chi connectivity index (χ3n) is 3.02. The van der Waals surface area contributed by atoms with Crippen molar-refractivity contribution >= 4 is 22.7 Å². The van der Waals surface area contributed by atoms with Crippen LogP contribution >= 0.6 is 0 Å². The van der Waals surface area contributed by atoms with Crippen LogP contribution in [0.2, 0.25) is 0 Å². The Balaban J connectivity index is 1.91. The maximum atomic E-state index is 5.33. The molecule has 21 heavy (non-hydrogen) atoms. The first-order valence-corrected chi connectivity index (χ1v) is 6.74. The van der Waals surface area contributed by atoms with Crippen molar-refractivity contribution in [3.05, 3.63) is 61.1 Å². The Labute approximate surface area is 122 Å². The minimum Gasteiger partial charge on any atom is -0.467 e. The summed E-state index contributed by atoms with van der Waals surface area (Å²) in [6.07, 6.45) is 3.43. The Morgan fingerprint density at radius 1 is 1.10 bits per heavy atom. The zero-order valence-electron chi connectivity index (χ0n) is 11.5. The topological polar surface area (TPSA) is 63.0 Å². The van der Waals surface area contributed by atoms with Crippen LogP contribution in [0.3, 0.4) is 0 Å². The Hall–Kier alpha value is -2.82. The minimum absolute atomic E-state index is 0.578. The van der Waals surface area contributed by atoms with E-state index in [1.807, 2.05) is 36.4 Å². The van der Waals surface area contributed by atoms with Gasteiger partial charge in [-0.3, -0.25) is 0 Å². The number of benzene rings is 1. The lowest BCUT2D eigenvalue weighted by atomic mass is 10.2. The molecular formula is C16H16N4O. The van der Waals surface area contributed by atoms with Gasteiger partial charge >= 0.3 is 0 Å². The van der Waals surface area contributed by atoms with Crippen LogP contribution in [0.5, 0.6) is 0 Å². The molecule has 0 aliphatic rings. The summed E-state index contributed by atoms with van der Waals surface area (Å²) < 4.78 is 5.33. The van der Waals surface area contributed by atoms with E-state index in [9.17, 15) is 0 Å². The molecule has 0 aliphatic carbocycles. The van der Waals surface area contributed by atoms with Crippen molar-refractivity contribution in [3.8, 4) is 0 Å². The SMILES string of the molecule is C=CCNc1nc(NCc2ccco2)c2ccccc2n1. The summed E-state index contributed by atoms with van der Waals surface area (Å²) in [5, 5.41) is 7.39. The summed E-state index contributed by atoms with van der Waals surface area (Å²) in [6.45, 7) is 4.88. The van der Waals surface area contributed by atoms with Gasteiger partial charge in [0.1, 0.15) is 11.6 Å². The summed E-state index contributed by atoms with van der Waals surface area (Å²) in [7, 11) is 0. The first-order chi connectivity index (χ1) is 10.4. The Morgan fingerprint density at radius 2 is 2.00 bits per heavy atom. The van der Waals surface area contributed by atoms with E-state index >= 15 is 0 Å². The Bertz CT molecular complexity index is 737. The van der Waals surface area contributed by atoms with Crippen LogP contribution in [0.25, 0.3) is 10.9 Å². The van der Waals surface area contributed by atoms with E-state index in [4.69, 9.17) is 4.42 Å². The van der Waals surface area contributed by atoms with Gasteiger partial charge in [0.15, 0.2) is 0 Å². The number of hydrogen-bond donors (Lipinski definition) is 2. The highest BCUT2D eigenvalue weighted by atomic mass is 16.3. The number of rotatable bonds is 6. The molecule has 0 radical (unpaired) electrons. The van der Waals surface area contributed by atoms with Crippen LogP contribution in [0, 0.1) is 0 Å². The number of nitrogens with one attached hydrogen (secondary N) is 2. The molecule has 5 heteroatoms. The monoisotopic (exact) mass is 280 g/mol. The maximum absolute atomic E-state index is 5.33. The fourth-order valence-electron chi connectivity index (χ4n) is 2.04. The molecule has 1 aromatic carbocycles. The van der Waals surface area contributed by atoms with Crippen molar-refractivity contribution in [3.63, 3.8) is 0 Å². The lowest BCUT2D eigenvalue weighted by Crippen LogP contribution is -2.07. The average Bonchev–Trinajstić information content (AvgIpc) is 3.04. The number of fused-ring (bicyclic) bond motifs is 1. The fraction of sp³-hybridized carbons (Fsp3) is 0.125. The van der Waals surface area contributed by atoms with Gasteiger partial charge in [0, 0.05) is 11.9 Å². The van der Waals surface area contributed by atoms with Crippen LogP contribution in [0.4, 0.5) is 11.8 Å². The molecule has 106 valence electrons. The molecule has 0 atom stereocenters. The molecule has 0 bridgehead atoms. The van der Waals surface area contributed by atoms with Crippen LogP contribution < -0.4 is 10.6 Å². The van der Waals surface area contributed by atoms with Crippen molar-refractivity contribution in [2.45, 2.75) is 6.54 Å². The first kappa shape index (κ1) is 13.2. The van der Waals surface area contributed by atoms with E-state index in [-0.39, 0.29) is 0 Å². The second-order valence-electron chi connectivity index (χ2n) is 4.52. The van der Waals surface area contributed by atoms with Gasteiger partial charge in [-0.25, -0.2) is 4.98 Å². The first-order valence-electron chi connectivity index (χ1n) is 6.74. The van der Waals surface area contributed by atoms with Crippen molar-refractivity contribution in [1.29, 1.82) is 0 Å². The molecule has 0 fully saturated rings. The van der Waals surface area contributed by atoms with E-state index in [0.29, 0.717) is 19.0 Å². The number of furan rings is 1. The lowest BCUT2D eigenvalue weighted by molar-refractivity contribution is 0.518. The molecule has 2 aromatic heterocycles. The second-order valence-corrected chi connectivity index (χ2v) is 4.52. The average molecular weight is 280 g/mol. The number of anilines is 2. The predicted octanol–water partition coefficient (Wildman–Crippen LogP) is 3.43. The Kier molecular flexibility index (Phi) is 3.82.